The van der Waals surface area contributed by atoms with Crippen molar-refractivity contribution in [1.29, 1.82) is 0 Å². The average Bonchev–Trinajstić information content (AvgIpc) is 2.48. The highest BCUT2D eigenvalue weighted by Crippen LogP contribution is 2.29. The lowest BCUT2D eigenvalue weighted by molar-refractivity contribution is 0.275. The van der Waals surface area contributed by atoms with Crippen molar-refractivity contribution >= 4 is 26.9 Å². The van der Waals surface area contributed by atoms with Gasteiger partial charge in [-0.25, -0.2) is 4.79 Å². The van der Waals surface area contributed by atoms with E-state index in [1.165, 1.54) is 6.07 Å². The largest absolute Gasteiger partial charge is 0.507 e. The van der Waals surface area contributed by atoms with Crippen molar-refractivity contribution in [1.82, 2.24) is 0 Å². The first-order valence-electron chi connectivity index (χ1n) is 6.25. The molecule has 3 aromatic rings. The molecule has 106 valence electrons. The number of benzene rings is 2. The normalized spacial score (nSPS) is 11.0. The van der Waals surface area contributed by atoms with E-state index in [1.807, 2.05) is 24.3 Å². The first kappa shape index (κ1) is 13.9. The van der Waals surface area contributed by atoms with E-state index >= 15 is 0 Å². The van der Waals surface area contributed by atoms with E-state index in [1.54, 1.807) is 12.1 Å². The Labute approximate surface area is 128 Å². The third kappa shape index (κ3) is 2.46. The van der Waals surface area contributed by atoms with Crippen molar-refractivity contribution in [2.45, 2.75) is 6.61 Å². The Hall–Kier alpha value is -2.11. The number of aliphatic hydroxyl groups excluding tert-OH is 1. The van der Waals surface area contributed by atoms with Crippen molar-refractivity contribution in [3.63, 3.8) is 0 Å². The van der Waals surface area contributed by atoms with Gasteiger partial charge >= 0.3 is 5.63 Å². The maximum Gasteiger partial charge on any atom is 0.344 e. The van der Waals surface area contributed by atoms with Crippen LogP contribution in [-0.2, 0) is 6.61 Å². The van der Waals surface area contributed by atoms with E-state index in [0.717, 1.165) is 10.0 Å². The van der Waals surface area contributed by atoms with Gasteiger partial charge in [-0.15, -0.1) is 0 Å². The predicted molar refractivity (Wildman–Crippen MR) is 83.2 cm³/mol. The molecule has 3 rings (SSSR count). The Morgan fingerprint density at radius 3 is 2.48 bits per heavy atom. The fraction of sp³-hybridized carbons (Fsp3) is 0.0625. The number of aliphatic hydroxyl groups is 1. The molecule has 0 spiro atoms. The van der Waals surface area contributed by atoms with E-state index in [0.29, 0.717) is 10.9 Å². The minimum Gasteiger partial charge on any atom is -0.507 e. The average molecular weight is 347 g/mol. The molecule has 0 saturated carbocycles. The second-order valence-electron chi connectivity index (χ2n) is 4.59. The highest BCUT2D eigenvalue weighted by atomic mass is 79.9. The molecule has 0 fully saturated rings. The Bertz CT molecular complexity index is 866. The summed E-state index contributed by atoms with van der Waals surface area (Å²) in [5, 5.41) is 19.6. The molecule has 0 aliphatic rings. The molecule has 0 bridgehead atoms. The standard InChI is InChI=1S/C16H11BrO4/c17-11-4-1-9(2-5-11)12-7-10-3-6-14(19)13(8-18)15(10)21-16(12)20/h1-7,18-19H,8H2. The van der Waals surface area contributed by atoms with Crippen LogP contribution in [0.3, 0.4) is 0 Å². The van der Waals surface area contributed by atoms with Crippen LogP contribution >= 0.6 is 15.9 Å². The maximum atomic E-state index is 12.2. The Balaban J connectivity index is 2.27. The topological polar surface area (TPSA) is 70.7 Å². The molecule has 0 atom stereocenters. The molecule has 2 N–H and O–H groups in total. The molecule has 0 radical (unpaired) electrons. The Morgan fingerprint density at radius 2 is 1.81 bits per heavy atom. The van der Waals surface area contributed by atoms with E-state index in [2.05, 4.69) is 15.9 Å². The van der Waals surface area contributed by atoms with Crippen molar-refractivity contribution in [2.75, 3.05) is 0 Å². The molecule has 0 aliphatic carbocycles. The summed E-state index contributed by atoms with van der Waals surface area (Å²) in [6.45, 7) is -0.399. The fourth-order valence-electron chi connectivity index (χ4n) is 2.22. The number of rotatable bonds is 2. The van der Waals surface area contributed by atoms with Crippen LogP contribution in [0.2, 0.25) is 0 Å². The van der Waals surface area contributed by atoms with Crippen LogP contribution in [0.15, 0.2) is 56.1 Å². The highest BCUT2D eigenvalue weighted by Gasteiger charge is 2.13. The third-order valence-electron chi connectivity index (χ3n) is 3.29. The van der Waals surface area contributed by atoms with Crippen LogP contribution in [0.1, 0.15) is 5.56 Å². The summed E-state index contributed by atoms with van der Waals surface area (Å²) >= 11 is 3.35. The molecule has 4 nitrogen and oxygen atoms in total. The zero-order chi connectivity index (χ0) is 15.0. The molecule has 1 heterocycles. The summed E-state index contributed by atoms with van der Waals surface area (Å²) in [7, 11) is 0. The second kappa shape index (κ2) is 5.35. The first-order chi connectivity index (χ1) is 10.1. The summed E-state index contributed by atoms with van der Waals surface area (Å²) < 4.78 is 6.21. The van der Waals surface area contributed by atoms with E-state index in [4.69, 9.17) is 4.42 Å². The van der Waals surface area contributed by atoms with Gasteiger partial charge in [-0.3, -0.25) is 0 Å². The van der Waals surface area contributed by atoms with Gasteiger partial charge in [0.1, 0.15) is 11.3 Å². The van der Waals surface area contributed by atoms with Gasteiger partial charge in [-0.05, 0) is 35.9 Å². The first-order valence-corrected chi connectivity index (χ1v) is 7.05. The molecule has 0 amide bonds. The van der Waals surface area contributed by atoms with E-state index < -0.39 is 12.2 Å². The van der Waals surface area contributed by atoms with Crippen molar-refractivity contribution in [3.05, 3.63) is 62.9 Å². The minimum atomic E-state index is -0.509. The Morgan fingerprint density at radius 1 is 1.10 bits per heavy atom. The molecule has 5 heteroatoms. The summed E-state index contributed by atoms with van der Waals surface area (Å²) in [6, 6.07) is 12.1. The molecular formula is C16H11BrO4. The molecular weight excluding hydrogens is 336 g/mol. The number of hydrogen-bond acceptors (Lipinski definition) is 4. The van der Waals surface area contributed by atoms with Gasteiger partial charge in [0, 0.05) is 9.86 Å². The van der Waals surface area contributed by atoms with Crippen molar-refractivity contribution in [3.8, 4) is 16.9 Å². The number of halogens is 1. The zero-order valence-electron chi connectivity index (χ0n) is 10.8. The van der Waals surface area contributed by atoms with Crippen LogP contribution < -0.4 is 5.63 Å². The van der Waals surface area contributed by atoms with E-state index in [9.17, 15) is 15.0 Å². The van der Waals surface area contributed by atoms with Crippen LogP contribution in [-0.4, -0.2) is 10.2 Å². The van der Waals surface area contributed by atoms with Gasteiger partial charge in [-0.2, -0.15) is 0 Å². The molecule has 1 aromatic heterocycles. The van der Waals surface area contributed by atoms with Gasteiger partial charge < -0.3 is 14.6 Å². The zero-order valence-corrected chi connectivity index (χ0v) is 12.4. The summed E-state index contributed by atoms with van der Waals surface area (Å²) in [6.07, 6.45) is 0. The van der Waals surface area contributed by atoms with Crippen LogP contribution in [0.25, 0.3) is 22.1 Å². The maximum absolute atomic E-state index is 12.2. The second-order valence-corrected chi connectivity index (χ2v) is 5.51. The van der Waals surface area contributed by atoms with Crippen LogP contribution in [0.4, 0.5) is 0 Å². The molecule has 0 aliphatic heterocycles. The fourth-order valence-corrected chi connectivity index (χ4v) is 2.48. The lowest BCUT2D eigenvalue weighted by Gasteiger charge is -2.07. The smallest absolute Gasteiger partial charge is 0.344 e. The summed E-state index contributed by atoms with van der Waals surface area (Å²) in [4.78, 5) is 12.2. The number of fused-ring (bicyclic) bond motifs is 1. The Kier molecular flexibility index (Phi) is 3.53. The van der Waals surface area contributed by atoms with Gasteiger partial charge in [0.15, 0.2) is 0 Å². The number of aromatic hydroxyl groups is 1. The van der Waals surface area contributed by atoms with Crippen molar-refractivity contribution < 1.29 is 14.6 Å². The van der Waals surface area contributed by atoms with Gasteiger partial charge in [0.25, 0.3) is 0 Å². The number of phenols is 1. The lowest BCUT2D eigenvalue weighted by atomic mass is 10.0. The minimum absolute atomic E-state index is 0.0930. The van der Waals surface area contributed by atoms with E-state index in [-0.39, 0.29) is 16.9 Å². The molecule has 0 saturated heterocycles. The van der Waals surface area contributed by atoms with Crippen molar-refractivity contribution in [2.24, 2.45) is 0 Å². The van der Waals surface area contributed by atoms with Gasteiger partial charge in [0.05, 0.1) is 17.7 Å². The predicted octanol–water partition coefficient (Wildman–Crippen LogP) is 3.42. The third-order valence-corrected chi connectivity index (χ3v) is 3.82. The monoisotopic (exact) mass is 346 g/mol. The quantitative estimate of drug-likeness (QED) is 0.697. The molecule has 21 heavy (non-hydrogen) atoms. The number of hydrogen-bond donors (Lipinski definition) is 2. The summed E-state index contributed by atoms with van der Waals surface area (Å²) in [5.41, 5.74) is 1.09. The molecule has 2 aromatic carbocycles. The van der Waals surface area contributed by atoms with Gasteiger partial charge in [0.2, 0.25) is 0 Å². The highest BCUT2D eigenvalue weighted by molar-refractivity contribution is 9.10. The molecule has 0 unspecified atom stereocenters. The van der Waals surface area contributed by atoms with Crippen LogP contribution in [0.5, 0.6) is 5.75 Å². The SMILES string of the molecule is O=c1oc2c(CO)c(O)ccc2cc1-c1ccc(Br)cc1. The summed E-state index contributed by atoms with van der Waals surface area (Å²) in [5.74, 6) is -0.0930. The lowest BCUT2D eigenvalue weighted by Crippen LogP contribution is -2.04. The van der Waals surface area contributed by atoms with Gasteiger partial charge in [-0.1, -0.05) is 28.1 Å². The van der Waals surface area contributed by atoms with Crippen LogP contribution in [0, 0.1) is 0 Å².